The number of hydrogen-bond donors (Lipinski definition) is 1. The molecule has 0 radical (unpaired) electrons. The van der Waals surface area contributed by atoms with Gasteiger partial charge in [-0.05, 0) is 91.3 Å². The lowest BCUT2D eigenvalue weighted by atomic mass is 9.50. The van der Waals surface area contributed by atoms with E-state index in [1.807, 2.05) is 0 Å². The summed E-state index contributed by atoms with van der Waals surface area (Å²) in [5.41, 5.74) is 0.553. The molecule has 0 amide bonds. The topological polar surface area (TPSA) is 37.3 Å². The Labute approximate surface area is 167 Å². The third kappa shape index (κ3) is 4.25. The predicted molar refractivity (Wildman–Crippen MR) is 113 cm³/mol. The molecule has 0 aromatic heterocycles. The Hall–Kier alpha value is -0.530. The van der Waals surface area contributed by atoms with E-state index in [-0.39, 0.29) is 0 Å². The van der Waals surface area contributed by atoms with E-state index in [1.165, 1.54) is 51.4 Å². The van der Waals surface area contributed by atoms with Gasteiger partial charge in [-0.15, -0.1) is 0 Å². The maximum absolute atomic E-state index is 11.3. The van der Waals surface area contributed by atoms with Gasteiger partial charge in [0.25, 0.3) is 0 Å². The van der Waals surface area contributed by atoms with Crippen LogP contribution < -0.4 is 0 Å². The lowest BCUT2D eigenvalue weighted by molar-refractivity contribution is -0.140. The maximum Gasteiger partial charge on any atom is 0.303 e. The molecule has 3 fully saturated rings. The van der Waals surface area contributed by atoms with Crippen LogP contribution >= 0.6 is 0 Å². The van der Waals surface area contributed by atoms with Crippen LogP contribution in [0.3, 0.4) is 0 Å². The van der Waals surface area contributed by atoms with E-state index < -0.39 is 5.97 Å². The molecule has 3 aliphatic rings. The molecule has 3 aliphatic carbocycles. The standard InChI is InChI=1S/C25H44O2/c1-16(2)7-6-8-17(3)22-11-12-23-21-10-9-19(15-24(26)27)18(4)20(21)13-14-25(22,23)5/h16-23H,6-15H2,1-5H3,(H,26,27)/t17-,18?,19?,20?,21?,22?,23?,25?/m1/s1. The quantitative estimate of drug-likeness (QED) is 0.518. The van der Waals surface area contributed by atoms with Crippen molar-refractivity contribution in [3.05, 3.63) is 0 Å². The second-order valence-electron chi connectivity index (χ2n) is 11.3. The highest BCUT2D eigenvalue weighted by Crippen LogP contribution is 2.64. The Bertz CT molecular complexity index is 512. The average Bonchev–Trinajstić information content (AvgIpc) is 2.94. The molecular weight excluding hydrogens is 332 g/mol. The highest BCUT2D eigenvalue weighted by molar-refractivity contribution is 5.67. The van der Waals surface area contributed by atoms with Crippen molar-refractivity contribution in [2.75, 3.05) is 0 Å². The summed E-state index contributed by atoms with van der Waals surface area (Å²) in [6, 6.07) is 0. The molecule has 0 aliphatic heterocycles. The summed E-state index contributed by atoms with van der Waals surface area (Å²) in [7, 11) is 0. The van der Waals surface area contributed by atoms with E-state index >= 15 is 0 Å². The molecule has 0 spiro atoms. The normalized spacial score (nSPS) is 42.6. The van der Waals surface area contributed by atoms with Gasteiger partial charge in [-0.25, -0.2) is 0 Å². The first-order valence-corrected chi connectivity index (χ1v) is 12.0. The van der Waals surface area contributed by atoms with Gasteiger partial charge in [-0.2, -0.15) is 0 Å². The van der Waals surface area contributed by atoms with Gasteiger partial charge in [0.2, 0.25) is 0 Å². The fourth-order valence-corrected chi connectivity index (χ4v) is 7.94. The number of rotatable bonds is 7. The van der Waals surface area contributed by atoms with Crippen LogP contribution in [0.5, 0.6) is 0 Å². The van der Waals surface area contributed by atoms with E-state index in [1.54, 1.807) is 0 Å². The van der Waals surface area contributed by atoms with E-state index in [4.69, 9.17) is 0 Å². The third-order valence-corrected chi connectivity index (χ3v) is 9.42. The van der Waals surface area contributed by atoms with Crippen molar-refractivity contribution in [2.45, 2.75) is 98.8 Å². The Morgan fingerprint density at radius 1 is 1.04 bits per heavy atom. The zero-order valence-corrected chi connectivity index (χ0v) is 18.5. The molecule has 0 saturated heterocycles. The Kier molecular flexibility index (Phi) is 6.63. The van der Waals surface area contributed by atoms with Crippen molar-refractivity contribution in [3.8, 4) is 0 Å². The van der Waals surface area contributed by atoms with E-state index in [2.05, 4.69) is 34.6 Å². The number of carboxylic acid groups (broad SMARTS) is 1. The fraction of sp³-hybridized carbons (Fsp3) is 0.960. The van der Waals surface area contributed by atoms with Crippen LogP contribution in [0.15, 0.2) is 0 Å². The molecule has 8 atom stereocenters. The SMILES string of the molecule is CC(C)CCC[C@@H](C)C1CCC2C3CCC(CC(=O)O)C(C)C3CCC21C. The van der Waals surface area contributed by atoms with E-state index in [0.717, 1.165) is 41.9 Å². The zero-order valence-electron chi connectivity index (χ0n) is 18.5. The van der Waals surface area contributed by atoms with Crippen molar-refractivity contribution in [1.29, 1.82) is 0 Å². The minimum absolute atomic E-state index is 0.391. The fourth-order valence-electron chi connectivity index (χ4n) is 7.94. The largest absolute Gasteiger partial charge is 0.481 e. The third-order valence-electron chi connectivity index (χ3n) is 9.42. The highest BCUT2D eigenvalue weighted by atomic mass is 16.4. The van der Waals surface area contributed by atoms with Crippen molar-refractivity contribution in [2.24, 2.45) is 52.8 Å². The second kappa shape index (κ2) is 8.46. The summed E-state index contributed by atoms with van der Waals surface area (Å²) >= 11 is 0. The van der Waals surface area contributed by atoms with Crippen LogP contribution in [0.1, 0.15) is 98.8 Å². The monoisotopic (exact) mass is 376 g/mol. The zero-order chi connectivity index (χ0) is 19.8. The Morgan fingerprint density at radius 2 is 1.78 bits per heavy atom. The number of hydrogen-bond acceptors (Lipinski definition) is 1. The summed E-state index contributed by atoms with van der Waals surface area (Å²) in [5.74, 6) is 5.62. The Morgan fingerprint density at radius 3 is 2.44 bits per heavy atom. The molecule has 7 unspecified atom stereocenters. The summed E-state index contributed by atoms with van der Waals surface area (Å²) in [4.78, 5) is 11.3. The number of aliphatic carboxylic acids is 1. The smallest absolute Gasteiger partial charge is 0.303 e. The van der Waals surface area contributed by atoms with Gasteiger partial charge < -0.3 is 5.11 Å². The molecule has 2 nitrogen and oxygen atoms in total. The molecule has 27 heavy (non-hydrogen) atoms. The van der Waals surface area contributed by atoms with Crippen molar-refractivity contribution < 1.29 is 9.90 Å². The summed E-state index contributed by atoms with van der Waals surface area (Å²) in [5, 5.41) is 9.27. The van der Waals surface area contributed by atoms with E-state index in [0.29, 0.717) is 23.7 Å². The lowest BCUT2D eigenvalue weighted by Crippen LogP contribution is -2.47. The maximum atomic E-state index is 11.3. The molecule has 0 aromatic rings. The Balaban J connectivity index is 1.65. The number of fused-ring (bicyclic) bond motifs is 3. The van der Waals surface area contributed by atoms with Crippen molar-refractivity contribution in [3.63, 3.8) is 0 Å². The average molecular weight is 377 g/mol. The molecule has 1 N–H and O–H groups in total. The second-order valence-corrected chi connectivity index (χ2v) is 11.3. The van der Waals surface area contributed by atoms with Crippen LogP contribution in [0.25, 0.3) is 0 Å². The molecule has 156 valence electrons. The minimum Gasteiger partial charge on any atom is -0.481 e. The van der Waals surface area contributed by atoms with Gasteiger partial charge >= 0.3 is 5.97 Å². The van der Waals surface area contributed by atoms with Gasteiger partial charge in [0, 0.05) is 6.42 Å². The van der Waals surface area contributed by atoms with Gasteiger partial charge in [-0.1, -0.05) is 53.9 Å². The van der Waals surface area contributed by atoms with Gasteiger partial charge in [-0.3, -0.25) is 4.79 Å². The molecular formula is C25H44O2. The summed E-state index contributed by atoms with van der Waals surface area (Å²) in [6.45, 7) is 12.2. The van der Waals surface area contributed by atoms with Gasteiger partial charge in [0.1, 0.15) is 0 Å². The predicted octanol–water partition coefficient (Wildman–Crippen LogP) is 7.03. The van der Waals surface area contributed by atoms with Crippen LogP contribution in [0.4, 0.5) is 0 Å². The summed E-state index contributed by atoms with van der Waals surface area (Å²) in [6.07, 6.45) is 12.6. The van der Waals surface area contributed by atoms with Crippen LogP contribution in [-0.2, 0) is 4.79 Å². The molecule has 0 bridgehead atoms. The first-order valence-electron chi connectivity index (χ1n) is 12.0. The number of carboxylic acids is 1. The van der Waals surface area contributed by atoms with Gasteiger partial charge in [0.15, 0.2) is 0 Å². The summed E-state index contributed by atoms with van der Waals surface area (Å²) < 4.78 is 0. The van der Waals surface area contributed by atoms with Crippen LogP contribution in [-0.4, -0.2) is 11.1 Å². The first kappa shape index (κ1) is 21.2. The molecule has 3 saturated carbocycles. The van der Waals surface area contributed by atoms with Crippen molar-refractivity contribution in [1.82, 2.24) is 0 Å². The first-order chi connectivity index (χ1) is 12.7. The van der Waals surface area contributed by atoms with Crippen molar-refractivity contribution >= 4 is 5.97 Å². The molecule has 0 heterocycles. The molecule has 0 aromatic carbocycles. The lowest BCUT2D eigenvalue weighted by Gasteiger charge is -2.54. The number of carbonyl (C=O) groups is 1. The van der Waals surface area contributed by atoms with Crippen LogP contribution in [0, 0.1) is 52.8 Å². The van der Waals surface area contributed by atoms with Gasteiger partial charge in [0.05, 0.1) is 0 Å². The minimum atomic E-state index is -0.595. The molecule has 3 rings (SSSR count). The highest BCUT2D eigenvalue weighted by Gasteiger charge is 2.56. The van der Waals surface area contributed by atoms with E-state index in [9.17, 15) is 9.90 Å². The van der Waals surface area contributed by atoms with Crippen LogP contribution in [0.2, 0.25) is 0 Å². The molecule has 2 heteroatoms.